The second kappa shape index (κ2) is 19.0. The van der Waals surface area contributed by atoms with Crippen LogP contribution >= 0.6 is 11.3 Å². The van der Waals surface area contributed by atoms with Gasteiger partial charge >= 0.3 is 0 Å². The van der Waals surface area contributed by atoms with Crippen molar-refractivity contribution >= 4 is 45.1 Å². The molecule has 0 fully saturated rings. The average Bonchev–Trinajstić information content (AvgIpc) is 3.81. The quantitative estimate of drug-likeness (QED) is 0.130. The van der Waals surface area contributed by atoms with Crippen molar-refractivity contribution in [2.45, 2.75) is 92.4 Å². The Morgan fingerprint density at radius 1 is 0.676 bits per heavy atom. The van der Waals surface area contributed by atoms with Crippen LogP contribution in [0.15, 0.2) is 169 Å². The third kappa shape index (κ3) is 8.33. The summed E-state index contributed by atoms with van der Waals surface area (Å²) in [6.07, 6.45) is 37.2. The number of hydrogen-bond donors (Lipinski definition) is 0. The van der Waals surface area contributed by atoms with Gasteiger partial charge in [-0.3, -0.25) is 0 Å². The number of thiazole rings is 1. The van der Waals surface area contributed by atoms with Crippen molar-refractivity contribution in [2.24, 2.45) is 47.3 Å². The normalized spacial score (nSPS) is 27.1. The third-order valence-electron chi connectivity index (χ3n) is 16.7. The minimum Gasteiger partial charge on any atom is -0.310 e. The Bertz CT molecular complexity index is 2940. The summed E-state index contributed by atoms with van der Waals surface area (Å²) in [5, 5.41) is 1.33. The fraction of sp³-hybridized carbons (Fsp3) is 0.338. The van der Waals surface area contributed by atoms with Gasteiger partial charge in [0.05, 0.1) is 5.69 Å². The maximum atomic E-state index is 5.63. The standard InChI is InChI=1S/C65H68N2S/c1-7-45-16-12-13-20-59(45)60-34-31-55(40-46(60)8-2)67(53-27-21-47(22-28-53)50-19-14-15-41(3)37-50)54-29-23-48(24-30-54)51-25-33-61-52(39-51)26-32-56-42(4)38-62-64(63(56)61)66-65(68-62)58-36-35-57(43(5)44(58)6)49-17-10-9-11-18-49/h10,12-17,19-36,39-44,49,52,57-58,61H,7-9,11,18,37-38H2,1-6H3. The highest BCUT2D eigenvalue weighted by Gasteiger charge is 2.40. The highest BCUT2D eigenvalue weighted by molar-refractivity contribution is 7.12. The average molecular weight is 909 g/mol. The lowest BCUT2D eigenvalue weighted by Crippen LogP contribution is -2.31. The van der Waals surface area contributed by atoms with Crippen LogP contribution in [0.4, 0.5) is 17.1 Å². The molecule has 0 bridgehead atoms. The minimum absolute atomic E-state index is 0.297. The van der Waals surface area contributed by atoms with E-state index in [9.17, 15) is 0 Å². The molecule has 0 saturated carbocycles. The number of allylic oxidation sites excluding steroid dienone is 16. The Morgan fingerprint density at radius 2 is 1.43 bits per heavy atom. The molecule has 5 aromatic rings. The Labute approximate surface area is 411 Å². The summed E-state index contributed by atoms with van der Waals surface area (Å²) in [6.45, 7) is 14.3. The number of aryl methyl sites for hydroxylation is 2. The molecule has 6 aliphatic carbocycles. The van der Waals surface area contributed by atoms with Gasteiger partial charge in [0, 0.05) is 39.7 Å². The molecule has 0 saturated heterocycles. The molecule has 9 atom stereocenters. The van der Waals surface area contributed by atoms with Crippen molar-refractivity contribution in [1.29, 1.82) is 0 Å². The summed E-state index contributed by atoms with van der Waals surface area (Å²) in [6, 6.07) is 34.6. The molecule has 344 valence electrons. The maximum Gasteiger partial charge on any atom is 0.101 e. The van der Waals surface area contributed by atoms with Crippen LogP contribution in [0.3, 0.4) is 0 Å². The second-order valence-corrected chi connectivity index (χ2v) is 22.0. The second-order valence-electron chi connectivity index (χ2n) is 20.9. The molecule has 9 unspecified atom stereocenters. The molecule has 68 heavy (non-hydrogen) atoms. The SMILES string of the molecule is CCc1ccccc1-c1ccc(N(c2ccc(C3=CC4C=CC5=C(c6nc(C7C=CC(C8C=CCCC8)C(C)C7C)sc6CC5C)C4C=C3)cc2)c2ccc(C3=CC=CC(C)C3)cc2)cc1CC. The largest absolute Gasteiger partial charge is 0.310 e. The van der Waals surface area contributed by atoms with Crippen LogP contribution in [-0.4, -0.2) is 4.98 Å². The number of fused-ring (bicyclic) bond motifs is 4. The van der Waals surface area contributed by atoms with E-state index in [4.69, 9.17) is 4.98 Å². The molecule has 0 aliphatic heterocycles. The van der Waals surface area contributed by atoms with E-state index in [0.717, 1.165) is 37.1 Å². The molecular weight excluding hydrogens is 841 g/mol. The fourth-order valence-electron chi connectivity index (χ4n) is 12.6. The molecule has 11 rings (SSSR count). The molecule has 0 N–H and O–H groups in total. The van der Waals surface area contributed by atoms with Crippen molar-refractivity contribution in [3.63, 3.8) is 0 Å². The van der Waals surface area contributed by atoms with Crippen LogP contribution in [-0.2, 0) is 19.3 Å². The summed E-state index contributed by atoms with van der Waals surface area (Å²) in [5.74, 6) is 4.59. The van der Waals surface area contributed by atoms with Crippen molar-refractivity contribution in [1.82, 2.24) is 4.98 Å². The van der Waals surface area contributed by atoms with E-state index in [1.54, 1.807) is 0 Å². The lowest BCUT2D eigenvalue weighted by Gasteiger charge is -2.39. The topological polar surface area (TPSA) is 16.1 Å². The number of aromatic nitrogens is 1. The van der Waals surface area contributed by atoms with Crippen LogP contribution in [0.5, 0.6) is 0 Å². The first-order chi connectivity index (χ1) is 33.3. The van der Waals surface area contributed by atoms with Crippen LogP contribution in [0.25, 0.3) is 27.8 Å². The summed E-state index contributed by atoms with van der Waals surface area (Å²) in [4.78, 5) is 9.56. The lowest BCUT2D eigenvalue weighted by molar-refractivity contribution is 0.214. The summed E-state index contributed by atoms with van der Waals surface area (Å²) in [7, 11) is 0. The monoisotopic (exact) mass is 909 g/mol. The summed E-state index contributed by atoms with van der Waals surface area (Å²) in [5.41, 5.74) is 18.4. The Balaban J connectivity index is 0.879. The van der Waals surface area contributed by atoms with Gasteiger partial charge in [0.25, 0.3) is 0 Å². The zero-order valence-corrected chi connectivity index (χ0v) is 41.9. The van der Waals surface area contributed by atoms with E-state index in [1.807, 2.05) is 11.3 Å². The van der Waals surface area contributed by atoms with E-state index in [-0.39, 0.29) is 0 Å². The van der Waals surface area contributed by atoms with Gasteiger partial charge in [-0.25, -0.2) is 4.98 Å². The Morgan fingerprint density at radius 3 is 2.18 bits per heavy atom. The molecule has 2 nitrogen and oxygen atoms in total. The van der Waals surface area contributed by atoms with Crippen molar-refractivity contribution < 1.29 is 0 Å². The zero-order chi connectivity index (χ0) is 46.5. The number of anilines is 3. The number of hydrogen-bond acceptors (Lipinski definition) is 3. The van der Waals surface area contributed by atoms with Crippen molar-refractivity contribution in [2.75, 3.05) is 4.90 Å². The molecule has 4 aromatic carbocycles. The maximum absolute atomic E-state index is 5.63. The first kappa shape index (κ1) is 44.7. The minimum atomic E-state index is 0.297. The zero-order valence-electron chi connectivity index (χ0n) is 41.0. The van der Waals surface area contributed by atoms with Gasteiger partial charge in [-0.05, 0) is 173 Å². The van der Waals surface area contributed by atoms with Gasteiger partial charge in [0.2, 0.25) is 0 Å². The lowest BCUT2D eigenvalue weighted by atomic mass is 9.66. The van der Waals surface area contributed by atoms with E-state index in [1.165, 1.54) is 96.2 Å². The molecule has 0 amide bonds. The Hall–Kier alpha value is -5.77. The first-order valence-corrected chi connectivity index (χ1v) is 26.8. The molecule has 0 spiro atoms. The number of rotatable bonds is 10. The van der Waals surface area contributed by atoms with Crippen LogP contribution < -0.4 is 4.90 Å². The molecule has 0 radical (unpaired) electrons. The predicted molar refractivity (Wildman–Crippen MR) is 292 cm³/mol. The fourth-order valence-corrected chi connectivity index (χ4v) is 14.0. The van der Waals surface area contributed by atoms with E-state index in [0.29, 0.717) is 53.3 Å². The van der Waals surface area contributed by atoms with E-state index < -0.39 is 0 Å². The highest BCUT2D eigenvalue weighted by Crippen LogP contribution is 2.52. The molecule has 3 heteroatoms. The van der Waals surface area contributed by atoms with Crippen LogP contribution in [0.1, 0.15) is 111 Å². The van der Waals surface area contributed by atoms with Crippen LogP contribution in [0, 0.1) is 47.3 Å². The smallest absolute Gasteiger partial charge is 0.101 e. The van der Waals surface area contributed by atoms with Crippen LogP contribution in [0.2, 0.25) is 0 Å². The summed E-state index contributed by atoms with van der Waals surface area (Å²) >= 11 is 2.01. The van der Waals surface area contributed by atoms with Gasteiger partial charge in [-0.2, -0.15) is 0 Å². The van der Waals surface area contributed by atoms with Crippen molar-refractivity contribution in [3.8, 4) is 11.1 Å². The van der Waals surface area contributed by atoms with Gasteiger partial charge in [-0.1, -0.05) is 169 Å². The Kier molecular flexibility index (Phi) is 12.5. The molecular formula is C65H68N2S. The molecule has 6 aliphatic rings. The van der Waals surface area contributed by atoms with Crippen molar-refractivity contribution in [3.05, 3.63) is 207 Å². The van der Waals surface area contributed by atoms with Gasteiger partial charge in [-0.15, -0.1) is 11.3 Å². The predicted octanol–water partition coefficient (Wildman–Crippen LogP) is 17.7. The number of benzene rings is 4. The first-order valence-electron chi connectivity index (χ1n) is 26.0. The molecule has 1 aromatic heterocycles. The van der Waals surface area contributed by atoms with E-state index >= 15 is 0 Å². The van der Waals surface area contributed by atoms with Gasteiger partial charge < -0.3 is 4.90 Å². The van der Waals surface area contributed by atoms with Gasteiger partial charge in [0.1, 0.15) is 5.01 Å². The third-order valence-corrected chi connectivity index (χ3v) is 17.8. The highest BCUT2D eigenvalue weighted by atomic mass is 32.1. The van der Waals surface area contributed by atoms with Gasteiger partial charge in [0.15, 0.2) is 0 Å². The molecule has 1 heterocycles. The van der Waals surface area contributed by atoms with E-state index in [2.05, 4.69) is 210 Å². The number of nitrogens with zero attached hydrogens (tertiary/aromatic N) is 2. The summed E-state index contributed by atoms with van der Waals surface area (Å²) < 4.78 is 0.